The molecule has 0 aromatic heterocycles. The zero-order chi connectivity index (χ0) is 19.2. The number of hydrogen-bond acceptors (Lipinski definition) is 5. The summed E-state index contributed by atoms with van der Waals surface area (Å²) in [6.07, 6.45) is -0.0332. The van der Waals surface area contributed by atoms with E-state index in [2.05, 4.69) is 30.7 Å². The van der Waals surface area contributed by atoms with E-state index in [1.54, 1.807) is 24.3 Å². The van der Waals surface area contributed by atoms with Crippen molar-refractivity contribution in [2.75, 3.05) is 19.0 Å². The molecule has 1 amide bonds. The number of carbonyl (C=O) groups excluding carboxylic acids is 2. The van der Waals surface area contributed by atoms with Crippen molar-refractivity contribution >= 4 is 43.5 Å². The first kappa shape index (κ1) is 20.1. The number of halogens is 1. The first-order chi connectivity index (χ1) is 12.3. The molecule has 0 radical (unpaired) electrons. The molecule has 2 N–H and O–H groups in total. The largest absolute Gasteiger partial charge is 0.465 e. The molecule has 0 unspecified atom stereocenters. The highest BCUT2D eigenvalue weighted by molar-refractivity contribution is 9.10. The number of amides is 1. The molecule has 26 heavy (non-hydrogen) atoms. The van der Waals surface area contributed by atoms with Crippen LogP contribution in [0.2, 0.25) is 0 Å². The topological polar surface area (TPSA) is 102 Å². The highest BCUT2D eigenvalue weighted by Crippen LogP contribution is 2.14. The number of carbonyl (C=O) groups is 2. The third-order valence-electron chi connectivity index (χ3n) is 3.36. The molecule has 7 nitrogen and oxygen atoms in total. The van der Waals surface area contributed by atoms with Crippen molar-refractivity contribution in [3.63, 3.8) is 0 Å². The highest BCUT2D eigenvalue weighted by Gasteiger charge is 2.14. The Morgan fingerprint density at radius 1 is 1.04 bits per heavy atom. The van der Waals surface area contributed by atoms with Crippen molar-refractivity contribution in [2.45, 2.75) is 11.3 Å². The lowest BCUT2D eigenvalue weighted by Crippen LogP contribution is -2.27. The Labute approximate surface area is 159 Å². The highest BCUT2D eigenvalue weighted by atomic mass is 79.9. The predicted octanol–water partition coefficient (Wildman–Crippen LogP) is 2.54. The maximum atomic E-state index is 12.1. The van der Waals surface area contributed by atoms with E-state index in [9.17, 15) is 18.0 Å². The average Bonchev–Trinajstić information content (AvgIpc) is 2.62. The smallest absolute Gasteiger partial charge is 0.337 e. The van der Waals surface area contributed by atoms with E-state index in [1.807, 2.05) is 0 Å². The van der Waals surface area contributed by atoms with Gasteiger partial charge in [-0.2, -0.15) is 0 Å². The maximum absolute atomic E-state index is 12.1. The van der Waals surface area contributed by atoms with Crippen molar-refractivity contribution < 1.29 is 22.7 Å². The van der Waals surface area contributed by atoms with Crippen LogP contribution in [0.4, 0.5) is 5.69 Å². The molecular weight excluding hydrogens is 424 g/mol. The molecule has 9 heteroatoms. The first-order valence-electron chi connectivity index (χ1n) is 7.55. The van der Waals surface area contributed by atoms with Gasteiger partial charge < -0.3 is 10.1 Å². The molecule has 2 aromatic carbocycles. The number of nitrogens with one attached hydrogen (secondary N) is 2. The Morgan fingerprint density at radius 2 is 1.65 bits per heavy atom. The van der Waals surface area contributed by atoms with Crippen molar-refractivity contribution in [1.82, 2.24) is 4.72 Å². The fraction of sp³-hybridized carbons (Fsp3) is 0.176. The molecule has 2 rings (SSSR count). The summed E-state index contributed by atoms with van der Waals surface area (Å²) in [6, 6.07) is 12.4. The van der Waals surface area contributed by atoms with E-state index in [-0.39, 0.29) is 23.8 Å². The molecule has 0 aliphatic carbocycles. The summed E-state index contributed by atoms with van der Waals surface area (Å²) in [7, 11) is -2.38. The van der Waals surface area contributed by atoms with E-state index in [1.165, 1.54) is 31.4 Å². The Kier molecular flexibility index (Phi) is 6.90. The summed E-state index contributed by atoms with van der Waals surface area (Å²) in [6.45, 7) is -0.0372. The summed E-state index contributed by atoms with van der Waals surface area (Å²) in [4.78, 5) is 23.4. The number of sulfonamides is 1. The van der Waals surface area contributed by atoms with Gasteiger partial charge in [0.1, 0.15) is 0 Å². The molecule has 0 saturated heterocycles. The molecule has 0 heterocycles. The van der Waals surface area contributed by atoms with Crippen LogP contribution in [0.15, 0.2) is 57.9 Å². The SMILES string of the molecule is COC(=O)c1ccc(NC(=O)CCNS(=O)(=O)c2ccc(Br)cc2)cc1. The van der Waals surface area contributed by atoms with Gasteiger partial charge in [-0.15, -0.1) is 0 Å². The standard InChI is InChI=1S/C17H17BrN2O5S/c1-25-17(22)12-2-6-14(7-3-12)20-16(21)10-11-19-26(23,24)15-8-4-13(18)5-9-15/h2-9,19H,10-11H2,1H3,(H,20,21). The first-order valence-corrected chi connectivity index (χ1v) is 9.83. The van der Waals surface area contributed by atoms with Crippen LogP contribution in [-0.4, -0.2) is 33.9 Å². The summed E-state index contributed by atoms with van der Waals surface area (Å²) >= 11 is 3.24. The number of hydrogen-bond donors (Lipinski definition) is 2. The van der Waals surface area contributed by atoms with E-state index >= 15 is 0 Å². The summed E-state index contributed by atoms with van der Waals surface area (Å²) in [5, 5.41) is 2.63. The van der Waals surface area contributed by atoms with E-state index in [0.29, 0.717) is 11.3 Å². The summed E-state index contributed by atoms with van der Waals surface area (Å²) in [5.74, 6) is -0.820. The lowest BCUT2D eigenvalue weighted by Gasteiger charge is -2.08. The number of ether oxygens (including phenoxy) is 1. The Hall–Kier alpha value is -2.23. The molecule has 0 bridgehead atoms. The molecule has 138 valence electrons. The zero-order valence-corrected chi connectivity index (χ0v) is 16.3. The van der Waals surface area contributed by atoms with Gasteiger partial charge in [-0.3, -0.25) is 4.79 Å². The maximum Gasteiger partial charge on any atom is 0.337 e. The number of esters is 1. The lowest BCUT2D eigenvalue weighted by atomic mass is 10.2. The van der Waals surface area contributed by atoms with Gasteiger partial charge in [0.25, 0.3) is 0 Å². The fourth-order valence-electron chi connectivity index (χ4n) is 2.03. The van der Waals surface area contributed by atoms with Crippen molar-refractivity contribution in [3.05, 3.63) is 58.6 Å². The number of methoxy groups -OCH3 is 1. The van der Waals surface area contributed by atoms with Gasteiger partial charge in [-0.05, 0) is 48.5 Å². The van der Waals surface area contributed by atoms with Crippen molar-refractivity contribution in [1.29, 1.82) is 0 Å². The minimum Gasteiger partial charge on any atom is -0.465 e. The molecule has 0 fully saturated rings. The van der Waals surface area contributed by atoms with Crippen LogP contribution in [0.3, 0.4) is 0 Å². The third kappa shape index (κ3) is 5.65. The van der Waals surface area contributed by atoms with Gasteiger partial charge in [0.15, 0.2) is 0 Å². The van der Waals surface area contributed by atoms with Gasteiger partial charge in [0.2, 0.25) is 15.9 Å². The molecule has 2 aromatic rings. The van der Waals surface area contributed by atoms with Gasteiger partial charge in [-0.25, -0.2) is 17.9 Å². The number of benzene rings is 2. The third-order valence-corrected chi connectivity index (χ3v) is 5.36. The second-order valence-electron chi connectivity index (χ2n) is 5.22. The van der Waals surface area contributed by atoms with Crippen LogP contribution >= 0.6 is 15.9 Å². The number of rotatable bonds is 7. The van der Waals surface area contributed by atoms with E-state index < -0.39 is 16.0 Å². The van der Waals surface area contributed by atoms with Crippen LogP contribution in [0.25, 0.3) is 0 Å². The van der Waals surface area contributed by atoms with E-state index in [0.717, 1.165) is 4.47 Å². The Bertz CT molecular complexity index is 880. The van der Waals surface area contributed by atoms with Gasteiger partial charge >= 0.3 is 5.97 Å². The van der Waals surface area contributed by atoms with Crippen molar-refractivity contribution in [3.8, 4) is 0 Å². The van der Waals surface area contributed by atoms with Crippen molar-refractivity contribution in [2.24, 2.45) is 0 Å². The predicted molar refractivity (Wildman–Crippen MR) is 100 cm³/mol. The molecule has 0 aliphatic rings. The van der Waals surface area contributed by atoms with Crippen LogP contribution in [0.1, 0.15) is 16.8 Å². The minimum atomic E-state index is -3.67. The quantitative estimate of drug-likeness (QED) is 0.644. The Balaban J connectivity index is 1.85. The summed E-state index contributed by atoms with van der Waals surface area (Å²) in [5.41, 5.74) is 0.867. The van der Waals surface area contributed by atoms with Gasteiger partial charge in [0.05, 0.1) is 17.6 Å². The molecule has 0 atom stereocenters. The average molecular weight is 441 g/mol. The monoisotopic (exact) mass is 440 g/mol. The summed E-state index contributed by atoms with van der Waals surface area (Å²) < 4.78 is 32.0. The zero-order valence-electron chi connectivity index (χ0n) is 13.9. The molecular formula is C17H17BrN2O5S. The van der Waals surface area contributed by atoms with Gasteiger partial charge in [0, 0.05) is 23.1 Å². The number of anilines is 1. The van der Waals surface area contributed by atoms with Crippen LogP contribution in [0, 0.1) is 0 Å². The van der Waals surface area contributed by atoms with Gasteiger partial charge in [-0.1, -0.05) is 15.9 Å². The molecule has 0 aliphatic heterocycles. The Morgan fingerprint density at radius 3 is 2.23 bits per heavy atom. The second-order valence-corrected chi connectivity index (χ2v) is 7.90. The molecule has 0 saturated carbocycles. The lowest BCUT2D eigenvalue weighted by molar-refractivity contribution is -0.116. The normalized spacial score (nSPS) is 11.0. The minimum absolute atomic E-state index is 0.0332. The van der Waals surface area contributed by atoms with Crippen LogP contribution in [-0.2, 0) is 19.6 Å². The second kappa shape index (κ2) is 8.93. The van der Waals surface area contributed by atoms with Crippen LogP contribution < -0.4 is 10.0 Å². The fourth-order valence-corrected chi connectivity index (χ4v) is 3.32. The molecule has 0 spiro atoms. The van der Waals surface area contributed by atoms with Crippen LogP contribution in [0.5, 0.6) is 0 Å². The van der Waals surface area contributed by atoms with E-state index in [4.69, 9.17) is 0 Å².